The Balaban J connectivity index is 1.42. The van der Waals surface area contributed by atoms with Crippen molar-refractivity contribution in [2.24, 2.45) is 5.41 Å². The second kappa shape index (κ2) is 10.7. The van der Waals surface area contributed by atoms with Crippen LogP contribution in [0.15, 0.2) is 66.7 Å². The smallest absolute Gasteiger partial charge is 0.257 e. The maximum atomic E-state index is 14.5. The van der Waals surface area contributed by atoms with Crippen molar-refractivity contribution in [1.82, 2.24) is 4.90 Å². The van der Waals surface area contributed by atoms with Gasteiger partial charge in [0.25, 0.3) is 5.91 Å². The Morgan fingerprint density at radius 3 is 2.05 bits per heavy atom. The van der Waals surface area contributed by atoms with Crippen LogP contribution in [-0.2, 0) is 31.8 Å². The highest BCUT2D eigenvalue weighted by atomic mass is 35.5. The molecule has 43 heavy (non-hydrogen) atoms. The first-order valence-electron chi connectivity index (χ1n) is 15.1. The predicted molar refractivity (Wildman–Crippen MR) is 174 cm³/mol. The lowest BCUT2D eigenvalue weighted by Gasteiger charge is -2.41. The fourth-order valence-electron chi connectivity index (χ4n) is 5.55. The molecule has 0 spiro atoms. The molecule has 1 saturated heterocycles. The van der Waals surface area contributed by atoms with Crippen molar-refractivity contribution in [1.29, 1.82) is 0 Å². The molecule has 0 N–H and O–H groups in total. The van der Waals surface area contributed by atoms with E-state index in [1.54, 1.807) is 0 Å². The normalized spacial score (nSPS) is 24.3. The van der Waals surface area contributed by atoms with Crippen LogP contribution >= 0.6 is 23.2 Å². The number of amides is 1. The van der Waals surface area contributed by atoms with E-state index in [2.05, 4.69) is 52.9 Å². The van der Waals surface area contributed by atoms with Crippen molar-refractivity contribution in [2.75, 3.05) is 19.8 Å². The minimum absolute atomic E-state index is 0.0756. The first kappa shape index (κ1) is 30.8. The highest BCUT2D eigenvalue weighted by Crippen LogP contribution is 2.53. The van der Waals surface area contributed by atoms with Crippen molar-refractivity contribution in [2.45, 2.75) is 76.5 Å². The van der Waals surface area contributed by atoms with Crippen molar-refractivity contribution in [3.8, 4) is 0 Å². The number of nitrogens with zero attached hydrogens (tertiary/aromatic N) is 1. The summed E-state index contributed by atoms with van der Waals surface area (Å²) in [5.41, 5.74) is 2.72. The summed E-state index contributed by atoms with van der Waals surface area (Å²) in [6.45, 7) is 15.6. The molecule has 0 bridgehead atoms. The SMILES string of the molecule is CC1(c2ccc3c(c2)C(=O)N(Cc2ccc(Cl)cc2)C3(OCC2(CO[Si](C)(C)C(C)(C)C)CC2)c2ccc(Cl)cc2)CO1. The maximum absolute atomic E-state index is 14.5. The van der Waals surface area contributed by atoms with Crippen LogP contribution in [0.5, 0.6) is 0 Å². The Morgan fingerprint density at radius 1 is 0.907 bits per heavy atom. The molecule has 2 atom stereocenters. The van der Waals surface area contributed by atoms with Crippen LogP contribution in [0.1, 0.15) is 73.1 Å². The number of carbonyl (C=O) groups excluding carboxylic acids is 1. The molecule has 1 aliphatic carbocycles. The zero-order valence-electron chi connectivity index (χ0n) is 25.9. The van der Waals surface area contributed by atoms with Gasteiger partial charge in [0.15, 0.2) is 14.0 Å². The lowest BCUT2D eigenvalue weighted by atomic mass is 9.90. The molecule has 2 heterocycles. The van der Waals surface area contributed by atoms with Gasteiger partial charge in [0.1, 0.15) is 5.60 Å². The van der Waals surface area contributed by atoms with Gasteiger partial charge in [-0.05, 0) is 79.4 Å². The van der Waals surface area contributed by atoms with E-state index < -0.39 is 14.0 Å². The zero-order chi connectivity index (χ0) is 30.8. The van der Waals surface area contributed by atoms with Gasteiger partial charge in [-0.25, -0.2) is 0 Å². The van der Waals surface area contributed by atoms with Crippen LogP contribution < -0.4 is 0 Å². The van der Waals surface area contributed by atoms with Crippen molar-refractivity contribution >= 4 is 37.4 Å². The highest BCUT2D eigenvalue weighted by Gasteiger charge is 2.56. The van der Waals surface area contributed by atoms with Gasteiger partial charge in [-0.2, -0.15) is 0 Å². The van der Waals surface area contributed by atoms with E-state index in [1.165, 1.54) is 0 Å². The van der Waals surface area contributed by atoms with Crippen LogP contribution in [0.2, 0.25) is 28.2 Å². The third-order valence-electron chi connectivity index (χ3n) is 10.0. The van der Waals surface area contributed by atoms with Crippen LogP contribution in [0.3, 0.4) is 0 Å². The monoisotopic (exact) mass is 637 g/mol. The Kier molecular flexibility index (Phi) is 7.68. The Bertz CT molecular complexity index is 1520. The second-order valence-corrected chi connectivity index (χ2v) is 20.0. The molecule has 228 valence electrons. The van der Waals surface area contributed by atoms with E-state index in [1.807, 2.05) is 59.5 Å². The first-order chi connectivity index (χ1) is 20.2. The summed E-state index contributed by atoms with van der Waals surface area (Å²) >= 11 is 12.6. The number of epoxide rings is 1. The van der Waals surface area contributed by atoms with Gasteiger partial charge in [-0.15, -0.1) is 0 Å². The fraction of sp³-hybridized carbons (Fsp3) is 0.457. The summed E-state index contributed by atoms with van der Waals surface area (Å²) in [5, 5.41) is 1.41. The summed E-state index contributed by atoms with van der Waals surface area (Å²) < 4.78 is 19.6. The molecule has 6 rings (SSSR count). The third kappa shape index (κ3) is 5.71. The molecule has 1 amide bonds. The molecule has 8 heteroatoms. The van der Waals surface area contributed by atoms with E-state index in [-0.39, 0.29) is 22.0 Å². The van der Waals surface area contributed by atoms with E-state index in [4.69, 9.17) is 37.1 Å². The topological polar surface area (TPSA) is 51.3 Å². The number of carbonyl (C=O) groups is 1. The van der Waals surface area contributed by atoms with Crippen molar-refractivity contribution < 1.29 is 18.7 Å². The van der Waals surface area contributed by atoms with E-state index >= 15 is 0 Å². The standard InChI is InChI=1S/C35H41Cl2NO4Si/c1-32(2,3)43(5,6)42-23-34(17-18-34)22-41-35(25-9-14-28(37)15-10-25)30-16-11-26(33(4)21-40-33)19-29(30)31(39)38(35)20-24-7-12-27(36)13-8-24/h7-16,19H,17-18,20-23H2,1-6H3. The second-order valence-electron chi connectivity index (χ2n) is 14.3. The van der Waals surface area contributed by atoms with E-state index in [0.29, 0.717) is 42.0 Å². The minimum Gasteiger partial charge on any atom is -0.416 e. The summed E-state index contributed by atoms with van der Waals surface area (Å²) in [7, 11) is -1.94. The predicted octanol–water partition coefficient (Wildman–Crippen LogP) is 8.91. The largest absolute Gasteiger partial charge is 0.416 e. The molecule has 0 radical (unpaired) electrons. The zero-order valence-corrected chi connectivity index (χ0v) is 28.4. The molecule has 2 unspecified atom stereocenters. The van der Waals surface area contributed by atoms with Crippen molar-refractivity contribution in [3.05, 3.63) is 105 Å². The average molecular weight is 639 g/mol. The Morgan fingerprint density at radius 2 is 1.49 bits per heavy atom. The van der Waals surface area contributed by atoms with Crippen LogP contribution in [0, 0.1) is 5.41 Å². The van der Waals surface area contributed by atoms with Gasteiger partial charge < -0.3 is 13.9 Å². The molecular weight excluding hydrogens is 597 g/mol. The molecule has 3 aliphatic rings. The molecule has 1 saturated carbocycles. The number of rotatable bonds is 10. The number of ether oxygens (including phenoxy) is 2. The lowest BCUT2D eigenvalue weighted by molar-refractivity contribution is -0.128. The molecule has 0 aromatic heterocycles. The van der Waals surface area contributed by atoms with Gasteiger partial charge in [-0.1, -0.05) is 80.4 Å². The van der Waals surface area contributed by atoms with Gasteiger partial charge in [-0.3, -0.25) is 9.69 Å². The number of hydrogen-bond acceptors (Lipinski definition) is 4. The van der Waals surface area contributed by atoms with Crippen LogP contribution in [-0.4, -0.2) is 38.9 Å². The molecule has 5 nitrogen and oxygen atoms in total. The average Bonchev–Trinajstić information content (AvgIpc) is 3.89. The summed E-state index contributed by atoms with van der Waals surface area (Å²) in [4.78, 5) is 16.3. The molecule has 2 fully saturated rings. The molecule has 3 aromatic carbocycles. The first-order valence-corrected chi connectivity index (χ1v) is 18.7. The summed E-state index contributed by atoms with van der Waals surface area (Å²) in [6, 6.07) is 21.5. The lowest BCUT2D eigenvalue weighted by Crippen LogP contribution is -2.48. The van der Waals surface area contributed by atoms with Crippen molar-refractivity contribution in [3.63, 3.8) is 0 Å². The Hall–Kier alpha value is -2.19. The fourth-order valence-corrected chi connectivity index (χ4v) is 6.90. The Labute approximate surface area is 266 Å². The van der Waals surface area contributed by atoms with E-state index in [0.717, 1.165) is 35.1 Å². The van der Waals surface area contributed by atoms with Crippen LogP contribution in [0.25, 0.3) is 0 Å². The molecular formula is C35H41Cl2NO4Si. The van der Waals surface area contributed by atoms with Gasteiger partial charge >= 0.3 is 0 Å². The number of halogens is 2. The maximum Gasteiger partial charge on any atom is 0.257 e. The third-order valence-corrected chi connectivity index (χ3v) is 15.0. The van der Waals surface area contributed by atoms with Gasteiger partial charge in [0.2, 0.25) is 0 Å². The number of benzene rings is 3. The highest BCUT2D eigenvalue weighted by molar-refractivity contribution is 6.74. The number of hydrogen-bond donors (Lipinski definition) is 0. The minimum atomic E-state index is -1.94. The molecule has 3 aromatic rings. The van der Waals surface area contributed by atoms with Gasteiger partial charge in [0, 0.05) is 45.3 Å². The quantitative estimate of drug-likeness (QED) is 0.164. The van der Waals surface area contributed by atoms with Crippen LogP contribution in [0.4, 0.5) is 0 Å². The summed E-state index contributed by atoms with van der Waals surface area (Å²) in [5.74, 6) is -0.0756. The molecule has 2 aliphatic heterocycles. The number of fused-ring (bicyclic) bond motifs is 1. The summed E-state index contributed by atoms with van der Waals surface area (Å²) in [6.07, 6.45) is 2.07. The van der Waals surface area contributed by atoms with Gasteiger partial charge in [0.05, 0.1) is 13.2 Å². The van der Waals surface area contributed by atoms with E-state index in [9.17, 15) is 4.79 Å².